The lowest BCUT2D eigenvalue weighted by Gasteiger charge is -2.07. The van der Waals surface area contributed by atoms with Crippen molar-refractivity contribution in [1.29, 1.82) is 0 Å². The molecule has 0 saturated heterocycles. The quantitative estimate of drug-likeness (QED) is 0.781. The Kier molecular flexibility index (Phi) is 3.92. The van der Waals surface area contributed by atoms with Gasteiger partial charge in [0.1, 0.15) is 10.7 Å². The summed E-state index contributed by atoms with van der Waals surface area (Å²) in [5.74, 6) is 0. The van der Waals surface area contributed by atoms with Crippen molar-refractivity contribution in [2.75, 3.05) is 11.9 Å². The molecule has 0 saturated carbocycles. The van der Waals surface area contributed by atoms with Crippen molar-refractivity contribution in [1.82, 2.24) is 19.1 Å². The largest absolute Gasteiger partial charge is 0.374 e. The molecule has 0 radical (unpaired) electrons. The van der Waals surface area contributed by atoms with E-state index >= 15 is 0 Å². The van der Waals surface area contributed by atoms with Crippen molar-refractivity contribution in [2.45, 2.75) is 19.9 Å². The minimum atomic E-state index is -0.0601. The Balaban J connectivity index is 1.94. The van der Waals surface area contributed by atoms with Crippen LogP contribution in [0, 0.1) is 0 Å². The van der Waals surface area contributed by atoms with Gasteiger partial charge in [0.05, 0.1) is 23.8 Å². The fourth-order valence-corrected chi connectivity index (χ4v) is 2.66. The van der Waals surface area contributed by atoms with E-state index in [1.54, 1.807) is 17.0 Å². The van der Waals surface area contributed by atoms with Gasteiger partial charge >= 0.3 is 0 Å². The second-order valence-electron chi connectivity index (χ2n) is 4.67. The number of anilines is 1. The summed E-state index contributed by atoms with van der Waals surface area (Å²) in [7, 11) is 0. The second kappa shape index (κ2) is 6.01. The highest BCUT2D eigenvalue weighted by Crippen LogP contribution is 2.18. The highest BCUT2D eigenvalue weighted by Gasteiger charge is 2.10. The first-order chi connectivity index (χ1) is 10.3. The zero-order chi connectivity index (χ0) is 14.7. The summed E-state index contributed by atoms with van der Waals surface area (Å²) < 4.78 is 5.52. The van der Waals surface area contributed by atoms with Gasteiger partial charge < -0.3 is 5.32 Å². The van der Waals surface area contributed by atoms with Crippen LogP contribution >= 0.6 is 11.5 Å². The Hall–Kier alpha value is -2.28. The predicted molar refractivity (Wildman–Crippen MR) is 83.8 cm³/mol. The number of hydrogen-bond donors (Lipinski definition) is 1. The highest BCUT2D eigenvalue weighted by atomic mass is 32.1. The summed E-state index contributed by atoms with van der Waals surface area (Å²) in [6, 6.07) is 7.33. The van der Waals surface area contributed by atoms with E-state index in [-0.39, 0.29) is 5.56 Å². The topological polar surface area (TPSA) is 72.7 Å². The standard InChI is InChI=1S/C14H15N5OS/c1-2-7-15-13-12(17-18-21-13)8-19-9-16-11-6-4-3-5-10(11)14(19)20/h3-6,9,15H,2,7-8H2,1H3. The maximum atomic E-state index is 12.4. The molecule has 0 bridgehead atoms. The Morgan fingerprint density at radius 2 is 2.19 bits per heavy atom. The van der Waals surface area contributed by atoms with E-state index in [9.17, 15) is 4.79 Å². The molecule has 0 fully saturated rings. The molecule has 1 N–H and O–H groups in total. The average Bonchev–Trinajstić information content (AvgIpc) is 2.95. The van der Waals surface area contributed by atoms with E-state index < -0.39 is 0 Å². The Morgan fingerprint density at radius 1 is 1.33 bits per heavy atom. The van der Waals surface area contributed by atoms with Gasteiger partial charge in [-0.3, -0.25) is 9.36 Å². The molecule has 0 aliphatic rings. The zero-order valence-electron chi connectivity index (χ0n) is 11.6. The monoisotopic (exact) mass is 301 g/mol. The van der Waals surface area contributed by atoms with Crippen molar-refractivity contribution in [3.8, 4) is 0 Å². The first kappa shape index (κ1) is 13.7. The van der Waals surface area contributed by atoms with Crippen molar-refractivity contribution < 1.29 is 0 Å². The number of fused-ring (bicyclic) bond motifs is 1. The van der Waals surface area contributed by atoms with Crippen LogP contribution in [0.3, 0.4) is 0 Å². The van der Waals surface area contributed by atoms with Gasteiger partial charge in [-0.2, -0.15) is 0 Å². The fourth-order valence-electron chi connectivity index (χ4n) is 2.06. The third-order valence-corrected chi connectivity index (χ3v) is 3.87. The van der Waals surface area contributed by atoms with Crippen molar-refractivity contribution in [3.05, 3.63) is 46.6 Å². The van der Waals surface area contributed by atoms with Crippen LogP contribution in [0.25, 0.3) is 10.9 Å². The van der Waals surface area contributed by atoms with Crippen LogP contribution in [-0.2, 0) is 6.54 Å². The summed E-state index contributed by atoms with van der Waals surface area (Å²) in [6.45, 7) is 3.33. The molecular weight excluding hydrogens is 286 g/mol. The van der Waals surface area contributed by atoms with Crippen LogP contribution in [0.4, 0.5) is 5.00 Å². The van der Waals surface area contributed by atoms with Gasteiger partial charge in [0.15, 0.2) is 0 Å². The molecule has 0 aliphatic carbocycles. The molecule has 7 heteroatoms. The number of nitrogens with zero attached hydrogens (tertiary/aromatic N) is 4. The van der Waals surface area contributed by atoms with Gasteiger partial charge in [0.25, 0.3) is 5.56 Å². The SMILES string of the molecule is CCCNc1snnc1Cn1cnc2ccccc2c1=O. The van der Waals surface area contributed by atoms with Crippen molar-refractivity contribution in [2.24, 2.45) is 0 Å². The first-order valence-corrected chi connectivity index (χ1v) is 7.56. The van der Waals surface area contributed by atoms with Crippen LogP contribution in [0.2, 0.25) is 0 Å². The number of benzene rings is 1. The van der Waals surface area contributed by atoms with E-state index in [4.69, 9.17) is 0 Å². The van der Waals surface area contributed by atoms with Gasteiger partial charge in [0, 0.05) is 18.1 Å². The van der Waals surface area contributed by atoms with E-state index in [0.29, 0.717) is 17.4 Å². The lowest BCUT2D eigenvalue weighted by molar-refractivity contribution is 0.726. The molecule has 6 nitrogen and oxygen atoms in total. The summed E-state index contributed by atoms with van der Waals surface area (Å²) in [5, 5.41) is 8.91. The number of para-hydroxylation sites is 1. The maximum Gasteiger partial charge on any atom is 0.261 e. The summed E-state index contributed by atoms with van der Waals surface area (Å²) >= 11 is 1.31. The molecule has 108 valence electrons. The Labute approximate surface area is 125 Å². The van der Waals surface area contributed by atoms with Crippen LogP contribution in [-0.4, -0.2) is 25.7 Å². The molecule has 1 aromatic carbocycles. The van der Waals surface area contributed by atoms with Crippen molar-refractivity contribution in [3.63, 3.8) is 0 Å². The number of rotatable bonds is 5. The van der Waals surface area contributed by atoms with Crippen LogP contribution < -0.4 is 10.9 Å². The number of nitrogens with one attached hydrogen (secondary N) is 1. The van der Waals surface area contributed by atoms with Gasteiger partial charge in [-0.1, -0.05) is 23.5 Å². The van der Waals surface area contributed by atoms with Crippen molar-refractivity contribution >= 4 is 27.4 Å². The smallest absolute Gasteiger partial charge is 0.261 e. The molecular formula is C14H15N5OS. The molecule has 0 aliphatic heterocycles. The first-order valence-electron chi connectivity index (χ1n) is 6.79. The number of aromatic nitrogens is 4. The predicted octanol–water partition coefficient (Wildman–Crippen LogP) is 2.12. The van der Waals surface area contributed by atoms with E-state index in [1.165, 1.54) is 11.5 Å². The summed E-state index contributed by atoms with van der Waals surface area (Å²) in [5.41, 5.74) is 1.42. The van der Waals surface area contributed by atoms with Gasteiger partial charge in [-0.05, 0) is 18.6 Å². The fraction of sp³-hybridized carbons (Fsp3) is 0.286. The Bertz CT molecular complexity index is 810. The molecule has 0 amide bonds. The van der Waals surface area contributed by atoms with Gasteiger partial charge in [0.2, 0.25) is 0 Å². The van der Waals surface area contributed by atoms with Crippen LogP contribution in [0.15, 0.2) is 35.4 Å². The normalized spacial score (nSPS) is 10.9. The molecule has 3 rings (SSSR count). The molecule has 0 spiro atoms. The number of hydrogen-bond acceptors (Lipinski definition) is 6. The molecule has 3 aromatic rings. The lowest BCUT2D eigenvalue weighted by Crippen LogP contribution is -2.21. The summed E-state index contributed by atoms with van der Waals surface area (Å²) in [4.78, 5) is 16.7. The third kappa shape index (κ3) is 2.78. The van der Waals surface area contributed by atoms with E-state index in [0.717, 1.165) is 23.7 Å². The zero-order valence-corrected chi connectivity index (χ0v) is 12.4. The minimum Gasteiger partial charge on any atom is -0.374 e. The minimum absolute atomic E-state index is 0.0601. The molecule has 2 heterocycles. The van der Waals surface area contributed by atoms with Crippen LogP contribution in [0.1, 0.15) is 19.0 Å². The third-order valence-electron chi connectivity index (χ3n) is 3.14. The molecule has 0 atom stereocenters. The van der Waals surface area contributed by atoms with Gasteiger partial charge in [-0.15, -0.1) is 5.10 Å². The van der Waals surface area contributed by atoms with Gasteiger partial charge in [-0.25, -0.2) is 4.98 Å². The molecule has 21 heavy (non-hydrogen) atoms. The summed E-state index contributed by atoms with van der Waals surface area (Å²) in [6.07, 6.45) is 2.59. The van der Waals surface area contributed by atoms with Crippen LogP contribution in [0.5, 0.6) is 0 Å². The Morgan fingerprint density at radius 3 is 3.05 bits per heavy atom. The maximum absolute atomic E-state index is 12.4. The average molecular weight is 301 g/mol. The lowest BCUT2D eigenvalue weighted by atomic mass is 10.2. The van der Waals surface area contributed by atoms with E-state index in [2.05, 4.69) is 26.8 Å². The second-order valence-corrected chi connectivity index (χ2v) is 5.42. The van der Waals surface area contributed by atoms with E-state index in [1.807, 2.05) is 18.2 Å². The molecule has 2 aromatic heterocycles. The highest BCUT2D eigenvalue weighted by molar-refractivity contribution is 7.10. The molecule has 0 unspecified atom stereocenters.